The number of hydrogen-bond acceptors (Lipinski definition) is 7. The summed E-state index contributed by atoms with van der Waals surface area (Å²) in [6.45, 7) is 13.1. The second kappa shape index (κ2) is 18.4. The molecule has 6 aliphatic carbocycles. The van der Waals surface area contributed by atoms with Crippen LogP contribution >= 0.6 is 0 Å². The number of fused-ring (bicyclic) bond motifs is 6. The van der Waals surface area contributed by atoms with Crippen LogP contribution < -0.4 is 11.1 Å². The summed E-state index contributed by atoms with van der Waals surface area (Å²) in [7, 11) is 2.95. The highest BCUT2D eigenvalue weighted by Crippen LogP contribution is 2.53. The average molecular weight is 857 g/mol. The molecule has 4 N–H and O–H groups in total. The van der Waals surface area contributed by atoms with Gasteiger partial charge in [-0.2, -0.15) is 0 Å². The van der Waals surface area contributed by atoms with Crippen LogP contribution in [0.3, 0.4) is 0 Å². The van der Waals surface area contributed by atoms with Crippen LogP contribution in [-0.4, -0.2) is 54.2 Å². The zero-order valence-electron chi connectivity index (χ0n) is 38.7. The number of nitrogens with two attached hydrogens (primary N) is 1. The molecule has 9 nitrogen and oxygen atoms in total. The molecule has 6 saturated carbocycles. The average Bonchev–Trinajstić information content (AvgIpc) is 3.29. The van der Waals surface area contributed by atoms with Gasteiger partial charge in [-0.25, -0.2) is 4.79 Å². The Morgan fingerprint density at radius 1 is 0.524 bits per heavy atom. The summed E-state index contributed by atoms with van der Waals surface area (Å²) in [4.78, 5) is 48.5. The Labute approximate surface area is 374 Å². The minimum absolute atomic E-state index is 0.0192. The second-order valence-electron chi connectivity index (χ2n) is 20.7. The molecule has 4 aromatic carbocycles. The molecule has 4 bridgehead atoms. The third kappa shape index (κ3) is 10.4. The highest BCUT2D eigenvalue weighted by molar-refractivity contribution is 6.01. The summed E-state index contributed by atoms with van der Waals surface area (Å²) in [5.74, 6) is -1.02. The Balaban J connectivity index is 0.000000175. The van der Waals surface area contributed by atoms with Gasteiger partial charge in [0.05, 0.1) is 30.6 Å². The predicted molar refractivity (Wildman–Crippen MR) is 250 cm³/mol. The van der Waals surface area contributed by atoms with Gasteiger partial charge in [0.1, 0.15) is 0 Å². The number of ether oxygens (including phenoxy) is 2. The third-order valence-electron chi connectivity index (χ3n) is 14.6. The molecular formula is C54H68N2O7. The summed E-state index contributed by atoms with van der Waals surface area (Å²) < 4.78 is 9.92. The van der Waals surface area contributed by atoms with Gasteiger partial charge in [0.25, 0.3) is 5.91 Å². The van der Waals surface area contributed by atoms with Crippen molar-refractivity contribution in [2.75, 3.05) is 14.2 Å². The number of hydrogen-bond donors (Lipinski definition) is 3. The van der Waals surface area contributed by atoms with Crippen LogP contribution in [0, 0.1) is 10.8 Å². The Hall–Kier alpha value is -5.28. The maximum atomic E-state index is 13.4. The molecule has 1 amide bonds. The first-order valence-corrected chi connectivity index (χ1v) is 22.6. The number of esters is 2. The topological polar surface area (TPSA) is 145 Å². The minimum Gasteiger partial charge on any atom is -0.478 e. The molecule has 0 spiro atoms. The van der Waals surface area contributed by atoms with Gasteiger partial charge in [-0.15, -0.1) is 0 Å². The fourth-order valence-corrected chi connectivity index (χ4v) is 10.1. The van der Waals surface area contributed by atoms with E-state index in [0.717, 1.165) is 99.3 Å². The number of nitrogens with one attached hydrogen (secondary N) is 1. The van der Waals surface area contributed by atoms with Gasteiger partial charge in [0, 0.05) is 16.6 Å². The molecule has 0 unspecified atom stereocenters. The number of carbonyl (C=O) groups is 4. The van der Waals surface area contributed by atoms with Crippen molar-refractivity contribution < 1.29 is 33.8 Å². The van der Waals surface area contributed by atoms with Crippen LogP contribution in [0.5, 0.6) is 0 Å². The summed E-state index contributed by atoms with van der Waals surface area (Å²) in [6, 6.07) is 31.5. The van der Waals surface area contributed by atoms with Gasteiger partial charge >= 0.3 is 17.9 Å². The van der Waals surface area contributed by atoms with E-state index in [1.54, 1.807) is 12.1 Å². The number of carboxylic acid groups (broad SMARTS) is 1. The predicted octanol–water partition coefficient (Wildman–Crippen LogP) is 11.2. The van der Waals surface area contributed by atoms with E-state index in [-0.39, 0.29) is 50.6 Å². The second-order valence-corrected chi connectivity index (χ2v) is 20.7. The lowest BCUT2D eigenvalue weighted by Gasteiger charge is -2.52. The Bertz CT molecular complexity index is 2230. The van der Waals surface area contributed by atoms with E-state index in [0.29, 0.717) is 11.1 Å². The molecule has 6 aliphatic rings. The van der Waals surface area contributed by atoms with E-state index in [1.165, 1.54) is 25.3 Å². The van der Waals surface area contributed by atoms with Gasteiger partial charge in [0.2, 0.25) is 0 Å². The van der Waals surface area contributed by atoms with Crippen LogP contribution in [0.15, 0.2) is 97.1 Å². The van der Waals surface area contributed by atoms with E-state index in [1.807, 2.05) is 48.5 Å². The van der Waals surface area contributed by atoms with Gasteiger partial charge in [-0.3, -0.25) is 14.4 Å². The summed E-state index contributed by atoms with van der Waals surface area (Å²) in [6.07, 6.45) is 10.6. The van der Waals surface area contributed by atoms with E-state index >= 15 is 0 Å². The van der Waals surface area contributed by atoms with Crippen molar-refractivity contribution in [3.8, 4) is 22.3 Å². The first kappa shape index (κ1) is 47.2. The van der Waals surface area contributed by atoms with Crippen molar-refractivity contribution in [1.82, 2.24) is 5.32 Å². The van der Waals surface area contributed by atoms with Crippen molar-refractivity contribution in [1.29, 1.82) is 0 Å². The number of amides is 1. The fourth-order valence-electron chi connectivity index (χ4n) is 10.1. The molecule has 0 aliphatic heterocycles. The van der Waals surface area contributed by atoms with Crippen molar-refractivity contribution in [2.45, 2.75) is 141 Å². The number of methoxy groups -OCH3 is 2. The largest absolute Gasteiger partial charge is 0.478 e. The third-order valence-corrected chi connectivity index (χ3v) is 14.6. The maximum Gasteiger partial charge on any atom is 0.336 e. The number of aromatic carboxylic acids is 1. The molecule has 0 aromatic heterocycles. The van der Waals surface area contributed by atoms with Crippen molar-refractivity contribution in [3.63, 3.8) is 0 Å². The van der Waals surface area contributed by atoms with E-state index in [9.17, 15) is 24.3 Å². The van der Waals surface area contributed by atoms with E-state index < -0.39 is 5.97 Å². The summed E-state index contributed by atoms with van der Waals surface area (Å²) in [5, 5.41) is 12.6. The fraction of sp³-hybridized carbons (Fsp3) is 0.481. The smallest absolute Gasteiger partial charge is 0.336 e. The lowest BCUT2D eigenvalue weighted by atomic mass is 9.57. The molecule has 336 valence electrons. The minimum atomic E-state index is -0.893. The maximum absolute atomic E-state index is 13.4. The zero-order chi connectivity index (χ0) is 45.8. The highest BCUT2D eigenvalue weighted by atomic mass is 16.5. The van der Waals surface area contributed by atoms with Crippen LogP contribution in [-0.2, 0) is 29.9 Å². The standard InChI is InChI=1S/C27H33NO3.C17H18O2.C10H17NO2/c1-25(2,3)20-11-9-19(10-12-20)21-7-5-6-8-22(21)23(29)28-27-16-13-26(14-17-27,15-18-27)24(30)31-4;1-17(2,3)13-10-8-12(9-11-13)14-6-4-5-7-15(14)16(18)19;1-13-8(12)9-2-5-10(11,6-3-9)7-4-9/h5-12H,13-18H2,1-4H3,(H,28,29);4-11H,1-3H3,(H,18,19);2-7,11H2,1H3. The van der Waals surface area contributed by atoms with Crippen molar-refractivity contribution in [2.24, 2.45) is 16.6 Å². The van der Waals surface area contributed by atoms with Crippen molar-refractivity contribution in [3.05, 3.63) is 119 Å². The number of rotatable bonds is 7. The van der Waals surface area contributed by atoms with Crippen LogP contribution in [0.4, 0.5) is 0 Å². The first-order chi connectivity index (χ1) is 29.7. The zero-order valence-corrected chi connectivity index (χ0v) is 38.7. The van der Waals surface area contributed by atoms with Crippen LogP contribution in [0.1, 0.15) is 150 Å². The van der Waals surface area contributed by atoms with Crippen molar-refractivity contribution >= 4 is 23.8 Å². The monoisotopic (exact) mass is 857 g/mol. The quantitative estimate of drug-likeness (QED) is 0.156. The molecule has 63 heavy (non-hydrogen) atoms. The molecular weight excluding hydrogens is 789 g/mol. The SMILES string of the molecule is CC(C)(C)c1ccc(-c2ccccc2C(=O)O)cc1.COC(=O)C12CCC(N)(CC1)CC2.COC(=O)C12CCC(NC(=O)c3ccccc3-c3ccc(C(C)(C)C)cc3)(CC1)CC2. The lowest BCUT2D eigenvalue weighted by Crippen LogP contribution is -2.58. The molecule has 9 heteroatoms. The Morgan fingerprint density at radius 2 is 0.873 bits per heavy atom. The molecule has 4 aromatic rings. The summed E-state index contributed by atoms with van der Waals surface area (Å²) in [5.41, 5.74) is 12.9. The van der Waals surface area contributed by atoms with Crippen LogP contribution in [0.2, 0.25) is 0 Å². The van der Waals surface area contributed by atoms with E-state index in [2.05, 4.69) is 83.3 Å². The number of benzene rings is 4. The molecule has 0 radical (unpaired) electrons. The highest BCUT2D eigenvalue weighted by Gasteiger charge is 2.54. The Morgan fingerprint density at radius 3 is 1.24 bits per heavy atom. The molecule has 0 saturated heterocycles. The normalized spacial score (nSPS) is 24.7. The molecule has 0 heterocycles. The van der Waals surface area contributed by atoms with Gasteiger partial charge < -0.3 is 25.6 Å². The van der Waals surface area contributed by atoms with Gasteiger partial charge in [-0.1, -0.05) is 126 Å². The first-order valence-electron chi connectivity index (χ1n) is 22.6. The van der Waals surface area contributed by atoms with Gasteiger partial charge in [-0.05, 0) is 133 Å². The van der Waals surface area contributed by atoms with Gasteiger partial charge in [0.15, 0.2) is 0 Å². The lowest BCUT2D eigenvalue weighted by molar-refractivity contribution is -0.160. The molecule has 6 fully saturated rings. The Kier molecular flexibility index (Phi) is 13.8. The molecule has 10 rings (SSSR count). The van der Waals surface area contributed by atoms with Crippen LogP contribution in [0.25, 0.3) is 22.3 Å². The molecule has 0 atom stereocenters. The van der Waals surface area contributed by atoms with E-state index in [4.69, 9.17) is 15.2 Å². The number of carboxylic acids is 1. The number of carbonyl (C=O) groups excluding carboxylic acids is 3. The summed E-state index contributed by atoms with van der Waals surface area (Å²) >= 11 is 0.